The first-order valence-electron chi connectivity index (χ1n) is 9.42. The average molecular weight is 460 g/mol. The molecule has 0 saturated heterocycles. The van der Waals surface area contributed by atoms with E-state index in [1.165, 1.54) is 12.8 Å². The Morgan fingerprint density at radius 1 is 1.24 bits per heavy atom. The molecule has 0 unspecified atom stereocenters. The molecule has 0 radical (unpaired) electrons. The summed E-state index contributed by atoms with van der Waals surface area (Å²) < 4.78 is 0. The van der Waals surface area contributed by atoms with Crippen molar-refractivity contribution in [3.05, 3.63) is 41.2 Å². The molecule has 3 rings (SSSR count). The summed E-state index contributed by atoms with van der Waals surface area (Å²) in [6.45, 7) is 6.64. The minimum absolute atomic E-state index is 0. The summed E-state index contributed by atoms with van der Waals surface area (Å²) in [5, 5.41) is 3.98. The van der Waals surface area contributed by atoms with Gasteiger partial charge in [0.2, 0.25) is 0 Å². The van der Waals surface area contributed by atoms with E-state index in [4.69, 9.17) is 11.6 Å². The van der Waals surface area contributed by atoms with Gasteiger partial charge < -0.3 is 10.2 Å². The first kappa shape index (κ1) is 25.6. The summed E-state index contributed by atoms with van der Waals surface area (Å²) in [4.78, 5) is 23.8. The third-order valence-electron chi connectivity index (χ3n) is 5.13. The van der Waals surface area contributed by atoms with Crippen LogP contribution in [0.3, 0.4) is 0 Å². The molecule has 1 N–H and O–H groups in total. The normalized spacial score (nSPS) is 18.7. The molecule has 29 heavy (non-hydrogen) atoms. The summed E-state index contributed by atoms with van der Waals surface area (Å²) >= 11 is 6.12. The molecule has 5 nitrogen and oxygen atoms in total. The van der Waals surface area contributed by atoms with Crippen LogP contribution in [0.4, 0.5) is 5.69 Å². The van der Waals surface area contributed by atoms with Gasteiger partial charge in [-0.05, 0) is 70.3 Å². The quantitative estimate of drug-likeness (QED) is 0.355. The Balaban J connectivity index is 0.00000210. The van der Waals surface area contributed by atoms with E-state index in [1.54, 1.807) is 19.2 Å². The highest BCUT2D eigenvalue weighted by Crippen LogP contribution is 2.32. The maximum atomic E-state index is 12.7. The van der Waals surface area contributed by atoms with Crippen molar-refractivity contribution in [3.63, 3.8) is 0 Å². The predicted molar refractivity (Wildman–Crippen MR) is 126 cm³/mol. The number of nitrogens with zero attached hydrogens (tertiary/aromatic N) is 3. The molecule has 0 spiro atoms. The topological polar surface area (TPSA) is 58.1 Å². The summed E-state index contributed by atoms with van der Waals surface area (Å²) in [5.74, 6) is 0.617. The molecule has 0 bridgehead atoms. The molecule has 0 amide bonds. The number of nitrogens with one attached hydrogen (secondary N) is 1. The molecular weight excluding hydrogens is 431 g/mol. The minimum Gasteiger partial charge on any atom is -0.380 e. The van der Waals surface area contributed by atoms with Crippen LogP contribution < -0.4 is 5.32 Å². The van der Waals surface area contributed by atoms with E-state index in [-0.39, 0.29) is 30.6 Å². The van der Waals surface area contributed by atoms with Gasteiger partial charge in [-0.15, -0.1) is 24.8 Å². The van der Waals surface area contributed by atoms with Crippen LogP contribution in [0.1, 0.15) is 43.0 Å². The van der Waals surface area contributed by atoms with Crippen molar-refractivity contribution in [1.29, 1.82) is 0 Å². The van der Waals surface area contributed by atoms with Crippen LogP contribution in [0.15, 0.2) is 30.5 Å². The van der Waals surface area contributed by atoms with Crippen molar-refractivity contribution in [2.45, 2.75) is 38.6 Å². The number of hydrogen-bond donors (Lipinski definition) is 1. The SMILES string of the molecule is C=C(C)C(=O)c1cnc2ccc(Cl)nc2c1NC1CCC(CN(C)C)CC1.Cl.Cl. The van der Waals surface area contributed by atoms with Crippen LogP contribution in [0.2, 0.25) is 5.15 Å². The number of halogens is 3. The molecule has 2 aromatic heterocycles. The zero-order valence-corrected chi connectivity index (χ0v) is 19.5. The van der Waals surface area contributed by atoms with E-state index in [0.717, 1.165) is 36.5 Å². The fraction of sp³-hybridized carbons (Fsp3) is 0.476. The van der Waals surface area contributed by atoms with Crippen molar-refractivity contribution < 1.29 is 4.79 Å². The number of anilines is 1. The highest BCUT2D eigenvalue weighted by atomic mass is 35.5. The molecule has 1 aliphatic carbocycles. The van der Waals surface area contributed by atoms with Gasteiger partial charge in [-0.3, -0.25) is 9.78 Å². The Bertz CT molecular complexity index is 864. The number of pyridine rings is 2. The second-order valence-electron chi connectivity index (χ2n) is 7.78. The van der Waals surface area contributed by atoms with Gasteiger partial charge in [0.15, 0.2) is 5.78 Å². The molecule has 2 heterocycles. The van der Waals surface area contributed by atoms with Crippen molar-refractivity contribution in [3.8, 4) is 0 Å². The van der Waals surface area contributed by atoms with Gasteiger partial charge in [-0.25, -0.2) is 4.98 Å². The number of carbonyl (C=O) groups is 1. The highest BCUT2D eigenvalue weighted by Gasteiger charge is 2.24. The first-order chi connectivity index (χ1) is 12.8. The standard InChI is InChI=1S/C21H27ClN4O.2ClH/c1-13(2)21(27)16-11-23-17-9-10-18(22)25-20(17)19(16)24-15-7-5-14(6-8-15)12-26(3)4;;/h9-11,14-15H,1,5-8,12H2,2-4H3,(H,23,24);2*1H. The number of allylic oxidation sites excluding steroid dienone is 1. The largest absolute Gasteiger partial charge is 0.380 e. The van der Waals surface area contributed by atoms with Crippen molar-refractivity contribution in [1.82, 2.24) is 14.9 Å². The summed E-state index contributed by atoms with van der Waals surface area (Å²) in [5.41, 5.74) is 3.09. The number of aromatic nitrogens is 2. The molecule has 0 aromatic carbocycles. The molecule has 0 atom stereocenters. The van der Waals surface area contributed by atoms with Crippen LogP contribution in [-0.2, 0) is 0 Å². The Hall–Kier alpha value is -1.40. The molecule has 1 fully saturated rings. The van der Waals surface area contributed by atoms with E-state index in [9.17, 15) is 4.79 Å². The number of carbonyl (C=O) groups excluding carboxylic acids is 1. The van der Waals surface area contributed by atoms with Crippen LogP contribution in [0.5, 0.6) is 0 Å². The lowest BCUT2D eigenvalue weighted by atomic mass is 9.85. The predicted octanol–water partition coefficient (Wildman–Crippen LogP) is 5.42. The fourth-order valence-corrected chi connectivity index (χ4v) is 3.95. The number of ketones is 1. The Labute approximate surface area is 190 Å². The molecule has 1 aliphatic rings. The van der Waals surface area contributed by atoms with Gasteiger partial charge in [0.1, 0.15) is 10.7 Å². The first-order valence-corrected chi connectivity index (χ1v) is 9.79. The third kappa shape index (κ3) is 6.29. The number of Topliss-reactive ketones (excluding diaryl/α,β-unsaturated/α-hetero) is 1. The Morgan fingerprint density at radius 3 is 2.48 bits per heavy atom. The lowest BCUT2D eigenvalue weighted by molar-refractivity contribution is 0.103. The monoisotopic (exact) mass is 458 g/mol. The molecule has 1 saturated carbocycles. The molecular formula is C21H29Cl3N4O. The lowest BCUT2D eigenvalue weighted by Crippen LogP contribution is -2.31. The Kier molecular flexibility index (Phi) is 9.83. The summed E-state index contributed by atoms with van der Waals surface area (Å²) in [6.07, 6.45) is 6.12. The Morgan fingerprint density at radius 2 is 1.90 bits per heavy atom. The van der Waals surface area contributed by atoms with Gasteiger partial charge in [0.25, 0.3) is 0 Å². The van der Waals surface area contributed by atoms with Gasteiger partial charge in [-0.1, -0.05) is 18.2 Å². The van der Waals surface area contributed by atoms with Crippen molar-refractivity contribution >= 4 is 58.9 Å². The van der Waals surface area contributed by atoms with Crippen LogP contribution in [-0.4, -0.2) is 47.3 Å². The summed E-state index contributed by atoms with van der Waals surface area (Å²) in [7, 11) is 4.25. The number of rotatable bonds is 6. The molecule has 2 aromatic rings. The smallest absolute Gasteiger partial charge is 0.191 e. The fourth-order valence-electron chi connectivity index (χ4n) is 3.80. The van der Waals surface area contributed by atoms with E-state index >= 15 is 0 Å². The maximum absolute atomic E-state index is 12.7. The van der Waals surface area contributed by atoms with Crippen LogP contribution in [0, 0.1) is 5.92 Å². The van der Waals surface area contributed by atoms with Crippen LogP contribution >= 0.6 is 36.4 Å². The number of hydrogen-bond acceptors (Lipinski definition) is 5. The molecule has 0 aliphatic heterocycles. The molecule has 160 valence electrons. The average Bonchev–Trinajstić information content (AvgIpc) is 2.62. The summed E-state index contributed by atoms with van der Waals surface area (Å²) in [6, 6.07) is 3.86. The number of fused-ring (bicyclic) bond motifs is 1. The van der Waals surface area contributed by atoms with Crippen molar-refractivity contribution in [2.75, 3.05) is 26.0 Å². The van der Waals surface area contributed by atoms with E-state index in [1.807, 2.05) is 6.07 Å². The van der Waals surface area contributed by atoms with Crippen molar-refractivity contribution in [2.24, 2.45) is 5.92 Å². The second kappa shape index (κ2) is 11.1. The minimum atomic E-state index is -0.116. The van der Waals surface area contributed by atoms with E-state index in [2.05, 4.69) is 40.9 Å². The van der Waals surface area contributed by atoms with Gasteiger partial charge in [-0.2, -0.15) is 0 Å². The highest BCUT2D eigenvalue weighted by molar-refractivity contribution is 6.30. The van der Waals surface area contributed by atoms with E-state index < -0.39 is 0 Å². The van der Waals surface area contributed by atoms with E-state index in [0.29, 0.717) is 27.8 Å². The van der Waals surface area contributed by atoms with Gasteiger partial charge >= 0.3 is 0 Å². The molecule has 8 heteroatoms. The maximum Gasteiger partial charge on any atom is 0.191 e. The lowest BCUT2D eigenvalue weighted by Gasteiger charge is -2.31. The third-order valence-corrected chi connectivity index (χ3v) is 5.34. The zero-order valence-electron chi connectivity index (χ0n) is 17.1. The van der Waals surface area contributed by atoms with Gasteiger partial charge in [0, 0.05) is 18.8 Å². The zero-order chi connectivity index (χ0) is 19.6. The second-order valence-corrected chi connectivity index (χ2v) is 8.17. The van der Waals surface area contributed by atoms with Crippen LogP contribution in [0.25, 0.3) is 11.0 Å². The van der Waals surface area contributed by atoms with Gasteiger partial charge in [0.05, 0.1) is 16.8 Å².